The molecule has 1 aliphatic rings. The zero-order valence-corrected chi connectivity index (χ0v) is 11.6. The van der Waals surface area contributed by atoms with E-state index in [9.17, 15) is 5.11 Å². The maximum absolute atomic E-state index is 9.22. The first-order valence-electron chi connectivity index (χ1n) is 6.31. The van der Waals surface area contributed by atoms with Crippen LogP contribution in [0.1, 0.15) is 32.1 Å². The first-order valence-corrected chi connectivity index (χ1v) is 7.10. The molecule has 0 atom stereocenters. The number of pyridine rings is 1. The van der Waals surface area contributed by atoms with E-state index in [2.05, 4.69) is 25.8 Å². The van der Waals surface area contributed by atoms with Gasteiger partial charge in [0.1, 0.15) is 10.4 Å². The SMILES string of the molecule is OCCN(c1cccc(Br)n1)C1CCCCC1. The molecule has 0 aliphatic heterocycles. The number of aliphatic hydroxyl groups excluding tert-OH is 1. The Morgan fingerprint density at radius 2 is 2.06 bits per heavy atom. The molecule has 94 valence electrons. The van der Waals surface area contributed by atoms with E-state index in [-0.39, 0.29) is 6.61 Å². The first kappa shape index (κ1) is 12.8. The van der Waals surface area contributed by atoms with E-state index >= 15 is 0 Å². The number of nitrogens with zero attached hydrogens (tertiary/aromatic N) is 2. The zero-order valence-electron chi connectivity index (χ0n) is 9.98. The summed E-state index contributed by atoms with van der Waals surface area (Å²) < 4.78 is 0.855. The lowest BCUT2D eigenvalue weighted by atomic mass is 9.94. The van der Waals surface area contributed by atoms with Gasteiger partial charge >= 0.3 is 0 Å². The van der Waals surface area contributed by atoms with Gasteiger partial charge in [-0.15, -0.1) is 0 Å². The Morgan fingerprint density at radius 1 is 1.29 bits per heavy atom. The lowest BCUT2D eigenvalue weighted by molar-refractivity contribution is 0.289. The predicted octanol–water partition coefficient (Wildman–Crippen LogP) is 2.98. The molecule has 17 heavy (non-hydrogen) atoms. The molecule has 0 radical (unpaired) electrons. The van der Waals surface area contributed by atoms with Crippen molar-refractivity contribution in [2.45, 2.75) is 38.1 Å². The Balaban J connectivity index is 2.15. The molecule has 1 aromatic heterocycles. The second kappa shape index (κ2) is 6.36. The average Bonchev–Trinajstić information content (AvgIpc) is 2.37. The highest BCUT2D eigenvalue weighted by Gasteiger charge is 2.21. The lowest BCUT2D eigenvalue weighted by Crippen LogP contribution is -2.39. The van der Waals surface area contributed by atoms with Crippen LogP contribution in [-0.2, 0) is 0 Å². The fraction of sp³-hybridized carbons (Fsp3) is 0.615. The summed E-state index contributed by atoms with van der Waals surface area (Å²) in [4.78, 5) is 6.75. The molecule has 4 heteroatoms. The summed E-state index contributed by atoms with van der Waals surface area (Å²) in [6.07, 6.45) is 6.36. The maximum atomic E-state index is 9.22. The van der Waals surface area contributed by atoms with Crippen molar-refractivity contribution in [1.29, 1.82) is 0 Å². The number of hydrogen-bond acceptors (Lipinski definition) is 3. The fourth-order valence-electron chi connectivity index (χ4n) is 2.54. The number of rotatable bonds is 4. The Morgan fingerprint density at radius 3 is 2.71 bits per heavy atom. The van der Waals surface area contributed by atoms with Crippen molar-refractivity contribution >= 4 is 21.7 Å². The van der Waals surface area contributed by atoms with Crippen LogP contribution >= 0.6 is 15.9 Å². The molecule has 1 heterocycles. The number of halogens is 1. The molecule has 0 bridgehead atoms. The third kappa shape index (κ3) is 3.42. The molecule has 0 amide bonds. The lowest BCUT2D eigenvalue weighted by Gasteiger charge is -2.35. The van der Waals surface area contributed by atoms with Gasteiger partial charge in [-0.05, 0) is 40.9 Å². The van der Waals surface area contributed by atoms with Crippen molar-refractivity contribution in [2.75, 3.05) is 18.1 Å². The molecule has 1 fully saturated rings. The van der Waals surface area contributed by atoms with Crippen LogP contribution in [0.15, 0.2) is 22.8 Å². The molecule has 0 saturated heterocycles. The molecule has 0 aromatic carbocycles. The summed E-state index contributed by atoms with van der Waals surface area (Å²) in [6.45, 7) is 0.860. The van der Waals surface area contributed by atoms with Gasteiger partial charge in [0.25, 0.3) is 0 Å². The van der Waals surface area contributed by atoms with E-state index in [4.69, 9.17) is 0 Å². The molecule has 1 N–H and O–H groups in total. The van der Waals surface area contributed by atoms with Gasteiger partial charge in [-0.2, -0.15) is 0 Å². The summed E-state index contributed by atoms with van der Waals surface area (Å²) in [7, 11) is 0. The summed E-state index contributed by atoms with van der Waals surface area (Å²) in [5.74, 6) is 0.973. The molecule has 1 aliphatic carbocycles. The minimum Gasteiger partial charge on any atom is -0.395 e. The van der Waals surface area contributed by atoms with Gasteiger partial charge in [-0.25, -0.2) is 4.98 Å². The van der Waals surface area contributed by atoms with Crippen LogP contribution in [0.2, 0.25) is 0 Å². The summed E-state index contributed by atoms with van der Waals surface area (Å²) >= 11 is 3.41. The minimum absolute atomic E-state index is 0.185. The molecule has 1 saturated carbocycles. The van der Waals surface area contributed by atoms with E-state index in [0.717, 1.165) is 10.4 Å². The minimum atomic E-state index is 0.185. The van der Waals surface area contributed by atoms with Crippen molar-refractivity contribution < 1.29 is 5.11 Å². The van der Waals surface area contributed by atoms with Crippen LogP contribution in [0, 0.1) is 0 Å². The van der Waals surface area contributed by atoms with Crippen LogP contribution in [0.4, 0.5) is 5.82 Å². The van der Waals surface area contributed by atoms with Gasteiger partial charge in [-0.3, -0.25) is 0 Å². The molecular formula is C13H19BrN2O. The monoisotopic (exact) mass is 298 g/mol. The van der Waals surface area contributed by atoms with Gasteiger partial charge in [0.15, 0.2) is 0 Å². The van der Waals surface area contributed by atoms with Crippen LogP contribution < -0.4 is 4.90 Å². The molecule has 0 spiro atoms. The third-order valence-electron chi connectivity index (χ3n) is 3.35. The quantitative estimate of drug-likeness (QED) is 0.868. The van der Waals surface area contributed by atoms with Crippen molar-refractivity contribution in [3.05, 3.63) is 22.8 Å². The van der Waals surface area contributed by atoms with E-state index in [1.54, 1.807) is 0 Å². The largest absolute Gasteiger partial charge is 0.395 e. The summed E-state index contributed by atoms with van der Waals surface area (Å²) in [6, 6.07) is 6.49. The summed E-state index contributed by atoms with van der Waals surface area (Å²) in [5.41, 5.74) is 0. The van der Waals surface area contributed by atoms with E-state index in [1.165, 1.54) is 32.1 Å². The third-order valence-corrected chi connectivity index (χ3v) is 3.79. The van der Waals surface area contributed by atoms with Gasteiger partial charge < -0.3 is 10.0 Å². The maximum Gasteiger partial charge on any atom is 0.130 e. The second-order valence-corrected chi connectivity index (χ2v) is 5.34. The van der Waals surface area contributed by atoms with Gasteiger partial charge in [0.2, 0.25) is 0 Å². The topological polar surface area (TPSA) is 36.4 Å². The Bertz CT molecular complexity index is 353. The van der Waals surface area contributed by atoms with Crippen molar-refractivity contribution in [3.63, 3.8) is 0 Å². The highest BCUT2D eigenvalue weighted by Crippen LogP contribution is 2.26. The van der Waals surface area contributed by atoms with Crippen LogP contribution in [-0.4, -0.2) is 29.3 Å². The molecular weight excluding hydrogens is 280 g/mol. The van der Waals surface area contributed by atoms with Gasteiger partial charge in [0.05, 0.1) is 6.61 Å². The Kier molecular flexibility index (Phi) is 4.80. The number of anilines is 1. The fourth-order valence-corrected chi connectivity index (χ4v) is 2.88. The average molecular weight is 299 g/mol. The van der Waals surface area contributed by atoms with Crippen LogP contribution in [0.5, 0.6) is 0 Å². The Hall–Kier alpha value is -0.610. The van der Waals surface area contributed by atoms with Crippen LogP contribution in [0.3, 0.4) is 0 Å². The highest BCUT2D eigenvalue weighted by molar-refractivity contribution is 9.10. The highest BCUT2D eigenvalue weighted by atomic mass is 79.9. The van der Waals surface area contributed by atoms with E-state index < -0.39 is 0 Å². The summed E-state index contributed by atoms with van der Waals surface area (Å²) in [5, 5.41) is 9.22. The first-order chi connectivity index (χ1) is 8.31. The number of aromatic nitrogens is 1. The van der Waals surface area contributed by atoms with Crippen molar-refractivity contribution in [2.24, 2.45) is 0 Å². The second-order valence-electron chi connectivity index (χ2n) is 4.53. The molecule has 1 aromatic rings. The van der Waals surface area contributed by atoms with Gasteiger partial charge in [-0.1, -0.05) is 25.3 Å². The smallest absolute Gasteiger partial charge is 0.130 e. The number of aliphatic hydroxyl groups is 1. The van der Waals surface area contributed by atoms with E-state index in [0.29, 0.717) is 12.6 Å². The molecule has 3 nitrogen and oxygen atoms in total. The molecule has 0 unspecified atom stereocenters. The van der Waals surface area contributed by atoms with E-state index in [1.807, 2.05) is 18.2 Å². The molecule has 2 rings (SSSR count). The predicted molar refractivity (Wildman–Crippen MR) is 73.2 cm³/mol. The standard InChI is InChI=1S/C13H19BrN2O/c14-12-7-4-8-13(15-12)16(9-10-17)11-5-2-1-3-6-11/h4,7-8,11,17H,1-3,5-6,9-10H2. The van der Waals surface area contributed by atoms with Gasteiger partial charge in [0, 0.05) is 12.6 Å². The normalized spacial score (nSPS) is 17.1. The zero-order chi connectivity index (χ0) is 12.1. The Labute approximate surface area is 111 Å². The van der Waals surface area contributed by atoms with Crippen LogP contribution in [0.25, 0.3) is 0 Å². The van der Waals surface area contributed by atoms with Crippen molar-refractivity contribution in [1.82, 2.24) is 4.98 Å². The number of hydrogen-bond donors (Lipinski definition) is 1. The van der Waals surface area contributed by atoms with Crippen molar-refractivity contribution in [3.8, 4) is 0 Å².